The first-order chi connectivity index (χ1) is 22.0. The van der Waals surface area contributed by atoms with Crippen LogP contribution in [0.2, 0.25) is 0 Å². The molecule has 0 radical (unpaired) electrons. The highest BCUT2D eigenvalue weighted by Gasteiger charge is 2.19. The van der Waals surface area contributed by atoms with E-state index < -0.39 is 5.60 Å². The fourth-order valence-electron chi connectivity index (χ4n) is 5.74. The van der Waals surface area contributed by atoms with Crippen LogP contribution in [0.15, 0.2) is 18.5 Å². The van der Waals surface area contributed by atoms with Gasteiger partial charge in [-0.3, -0.25) is 14.4 Å². The monoisotopic (exact) mass is 637 g/mol. The number of methoxy groups -OCH3 is 1. The molecule has 0 saturated heterocycles. The van der Waals surface area contributed by atoms with E-state index in [9.17, 15) is 14.4 Å². The quantitative estimate of drug-likeness (QED) is 0.128. The van der Waals surface area contributed by atoms with Gasteiger partial charge in [0, 0.05) is 44.0 Å². The van der Waals surface area contributed by atoms with Gasteiger partial charge < -0.3 is 20.1 Å². The average Bonchev–Trinajstić information content (AvgIpc) is 3.02. The lowest BCUT2D eigenvalue weighted by molar-refractivity contribution is -0.155. The molecule has 3 heterocycles. The molecular formula is C36H55N5O5. The smallest absolute Gasteiger partial charge is 0.306 e. The van der Waals surface area contributed by atoms with Crippen LogP contribution >= 0.6 is 0 Å². The second-order valence-corrected chi connectivity index (χ2v) is 13.4. The normalized spacial score (nSPS) is 13.3. The molecule has 254 valence electrons. The maximum atomic E-state index is 12.7. The molecular weight excluding hydrogens is 582 g/mol. The summed E-state index contributed by atoms with van der Waals surface area (Å²) in [7, 11) is 1.42. The summed E-state index contributed by atoms with van der Waals surface area (Å²) in [5.74, 6) is 1.42. The van der Waals surface area contributed by atoms with Crippen LogP contribution in [0.25, 0.3) is 0 Å². The number of fused-ring (bicyclic) bond motifs is 1. The minimum atomic E-state index is -0.449. The molecule has 0 aromatic carbocycles. The molecule has 0 unspecified atom stereocenters. The lowest BCUT2D eigenvalue weighted by Crippen LogP contribution is -2.24. The molecule has 0 spiro atoms. The van der Waals surface area contributed by atoms with Crippen LogP contribution in [0.4, 0.5) is 5.82 Å². The zero-order valence-corrected chi connectivity index (χ0v) is 28.7. The Balaban J connectivity index is 1.42. The van der Waals surface area contributed by atoms with Crippen LogP contribution < -0.4 is 10.6 Å². The van der Waals surface area contributed by atoms with E-state index in [0.717, 1.165) is 106 Å². The number of carbonyl (C=O) groups is 3. The molecule has 46 heavy (non-hydrogen) atoms. The van der Waals surface area contributed by atoms with Crippen LogP contribution in [0.5, 0.6) is 0 Å². The van der Waals surface area contributed by atoms with Crippen LogP contribution in [0, 0.1) is 6.92 Å². The average molecular weight is 638 g/mol. The lowest BCUT2D eigenvalue weighted by Gasteiger charge is -2.20. The van der Waals surface area contributed by atoms with E-state index in [2.05, 4.69) is 26.7 Å². The van der Waals surface area contributed by atoms with Crippen LogP contribution in [-0.2, 0) is 43.2 Å². The van der Waals surface area contributed by atoms with Crippen molar-refractivity contribution < 1.29 is 23.9 Å². The molecule has 1 amide bonds. The fraction of sp³-hybridized carbons (Fsp3) is 0.667. The number of carbonyl (C=O) groups excluding carboxylic acids is 3. The number of aryl methyl sites for hydroxylation is 3. The molecule has 10 heteroatoms. The third-order valence-electron chi connectivity index (χ3n) is 8.25. The Labute approximate surface area is 275 Å². The molecule has 2 aromatic heterocycles. The van der Waals surface area contributed by atoms with E-state index in [1.165, 1.54) is 12.7 Å². The van der Waals surface area contributed by atoms with E-state index in [0.29, 0.717) is 31.6 Å². The Bertz CT molecular complexity index is 1260. The van der Waals surface area contributed by atoms with Crippen molar-refractivity contribution in [1.82, 2.24) is 20.3 Å². The number of nitrogens with zero attached hydrogens (tertiary/aromatic N) is 3. The molecule has 1 aliphatic heterocycles. The largest absolute Gasteiger partial charge is 0.469 e. The number of unbranched alkanes of at least 4 members (excludes halogenated alkanes) is 6. The van der Waals surface area contributed by atoms with Crippen molar-refractivity contribution in [3.8, 4) is 0 Å². The summed E-state index contributed by atoms with van der Waals surface area (Å²) < 4.78 is 10.3. The molecule has 1 aliphatic rings. The number of esters is 2. The van der Waals surface area contributed by atoms with Gasteiger partial charge in [0.1, 0.15) is 17.2 Å². The number of hydrogen-bond donors (Lipinski definition) is 2. The lowest BCUT2D eigenvalue weighted by atomic mass is 9.91. The van der Waals surface area contributed by atoms with Gasteiger partial charge in [0.2, 0.25) is 5.91 Å². The maximum absolute atomic E-state index is 12.7. The van der Waals surface area contributed by atoms with Gasteiger partial charge in [0.15, 0.2) is 0 Å². The Morgan fingerprint density at radius 1 is 0.957 bits per heavy atom. The number of anilines is 1. The molecule has 0 aliphatic carbocycles. The number of rotatable bonds is 19. The van der Waals surface area contributed by atoms with E-state index >= 15 is 0 Å². The van der Waals surface area contributed by atoms with E-state index in [1.54, 1.807) is 0 Å². The first kappa shape index (κ1) is 36.9. The predicted molar refractivity (Wildman–Crippen MR) is 179 cm³/mol. The van der Waals surface area contributed by atoms with Crippen LogP contribution in [0.1, 0.15) is 138 Å². The second-order valence-electron chi connectivity index (χ2n) is 13.4. The van der Waals surface area contributed by atoms with Gasteiger partial charge >= 0.3 is 11.9 Å². The summed E-state index contributed by atoms with van der Waals surface area (Å²) in [5.41, 5.74) is 3.91. The zero-order chi connectivity index (χ0) is 33.4. The summed E-state index contributed by atoms with van der Waals surface area (Å²) in [6.07, 6.45) is 16.2. The van der Waals surface area contributed by atoms with Crippen LogP contribution in [-0.4, -0.2) is 52.1 Å². The molecule has 0 bridgehead atoms. The molecule has 0 saturated carbocycles. The molecule has 1 atom stereocenters. The van der Waals surface area contributed by atoms with E-state index in [4.69, 9.17) is 14.5 Å². The SMILES string of the molecule is COC(=O)C[C@H](CCCCCCc1nc2c(cc1CNC(=O)CCCCCCC(=O)OC(C)(C)C)CCCN2)c1cnc(C)nc1. The van der Waals surface area contributed by atoms with Crippen molar-refractivity contribution in [2.24, 2.45) is 0 Å². The number of nitrogens with one attached hydrogen (secondary N) is 2. The highest BCUT2D eigenvalue weighted by molar-refractivity contribution is 5.75. The van der Waals surface area contributed by atoms with Crippen molar-refractivity contribution >= 4 is 23.7 Å². The van der Waals surface area contributed by atoms with Gasteiger partial charge in [-0.2, -0.15) is 0 Å². The summed E-state index contributed by atoms with van der Waals surface area (Å²) in [6, 6.07) is 2.22. The van der Waals surface area contributed by atoms with Crippen molar-refractivity contribution in [2.75, 3.05) is 19.0 Å². The van der Waals surface area contributed by atoms with Crippen LogP contribution in [0.3, 0.4) is 0 Å². The highest BCUT2D eigenvalue weighted by atomic mass is 16.6. The van der Waals surface area contributed by atoms with Gasteiger partial charge in [0.25, 0.3) is 0 Å². The van der Waals surface area contributed by atoms with Gasteiger partial charge in [-0.05, 0) is 101 Å². The molecule has 3 rings (SSSR count). The first-order valence-corrected chi connectivity index (χ1v) is 17.1. The Hall–Kier alpha value is -3.56. The predicted octanol–water partition coefficient (Wildman–Crippen LogP) is 6.68. The van der Waals surface area contributed by atoms with Crippen molar-refractivity contribution in [2.45, 2.75) is 142 Å². The van der Waals surface area contributed by atoms with Gasteiger partial charge in [-0.1, -0.05) is 32.1 Å². The summed E-state index contributed by atoms with van der Waals surface area (Å²) >= 11 is 0. The van der Waals surface area contributed by atoms with Crippen molar-refractivity contribution in [3.05, 3.63) is 46.7 Å². The maximum Gasteiger partial charge on any atom is 0.306 e. The summed E-state index contributed by atoms with van der Waals surface area (Å²) in [5, 5.41) is 6.57. The van der Waals surface area contributed by atoms with Gasteiger partial charge in [0.05, 0.1) is 13.5 Å². The molecule has 10 nitrogen and oxygen atoms in total. The number of aromatic nitrogens is 3. The topological polar surface area (TPSA) is 132 Å². The third kappa shape index (κ3) is 13.8. The Kier molecular flexibility index (Phi) is 15.4. The number of hydrogen-bond acceptors (Lipinski definition) is 9. The van der Waals surface area contributed by atoms with Gasteiger partial charge in [-0.25, -0.2) is 15.0 Å². The number of pyridine rings is 1. The summed E-state index contributed by atoms with van der Waals surface area (Å²) in [6.45, 7) is 8.91. The zero-order valence-electron chi connectivity index (χ0n) is 28.7. The van der Waals surface area contributed by atoms with E-state index in [1.807, 2.05) is 40.1 Å². The van der Waals surface area contributed by atoms with E-state index in [-0.39, 0.29) is 23.8 Å². The first-order valence-electron chi connectivity index (χ1n) is 17.1. The minimum Gasteiger partial charge on any atom is -0.469 e. The number of ether oxygens (including phenoxy) is 2. The standard InChI is InChI=1S/C36H55N5O5/c1-26-38-24-30(25-39-26)27(22-34(44)45-5)15-10-6-7-11-17-31-29(21-28-16-14-20-37-35(28)41-31)23-40-32(42)18-12-8-9-13-19-33(43)46-36(2,3)4/h21,24-25,27H,6-20,22-23H2,1-5H3,(H,37,41)(H,40,42)/t27-/m0/s1. The van der Waals surface area contributed by atoms with Crippen molar-refractivity contribution in [1.29, 1.82) is 0 Å². The Morgan fingerprint density at radius 3 is 2.37 bits per heavy atom. The summed E-state index contributed by atoms with van der Waals surface area (Å²) in [4.78, 5) is 50.1. The molecule has 2 aromatic rings. The Morgan fingerprint density at radius 2 is 1.65 bits per heavy atom. The molecule has 2 N–H and O–H groups in total. The minimum absolute atomic E-state index is 0.0499. The van der Waals surface area contributed by atoms with Crippen molar-refractivity contribution in [3.63, 3.8) is 0 Å². The third-order valence-corrected chi connectivity index (χ3v) is 8.25. The molecule has 0 fully saturated rings. The van der Waals surface area contributed by atoms with Gasteiger partial charge in [-0.15, -0.1) is 0 Å². The second kappa shape index (κ2) is 19.2. The highest BCUT2D eigenvalue weighted by Crippen LogP contribution is 2.27. The fourth-order valence-corrected chi connectivity index (χ4v) is 5.74. The number of amides is 1.